The third kappa shape index (κ3) is 5.76. The molecule has 3 amide bonds. The Hall–Kier alpha value is -3.48. The zero-order valence-corrected chi connectivity index (χ0v) is 21.1. The molecule has 0 aromatic heterocycles. The van der Waals surface area contributed by atoms with Crippen molar-refractivity contribution in [1.82, 2.24) is 15.5 Å². The van der Waals surface area contributed by atoms with E-state index in [1.54, 1.807) is 4.90 Å². The standard InChI is InChI=1S/C30H35N3O4/c34-27-19-22(17-20-9-3-1-4-10-20)31-29(36)24-14-7-13-23(24)28(35)26-15-8-16-33(26)30(37)25(32-27)18-21-11-5-2-6-12-21/h1-6,9-12,22-26H,7-8,13-19H2,(H,31,36)(H,32,34)/t22-,23?,24-,25+,26+/m0/s1. The number of hydrogen-bond acceptors (Lipinski definition) is 4. The number of carbonyl (C=O) groups excluding carboxylic acids is 4. The largest absolute Gasteiger partial charge is 0.352 e. The summed E-state index contributed by atoms with van der Waals surface area (Å²) in [6.07, 6.45) is 4.41. The molecular weight excluding hydrogens is 466 g/mol. The van der Waals surface area contributed by atoms with Gasteiger partial charge in [0.25, 0.3) is 0 Å². The topological polar surface area (TPSA) is 95.6 Å². The minimum atomic E-state index is -0.767. The third-order valence-corrected chi connectivity index (χ3v) is 8.10. The maximum atomic E-state index is 13.8. The van der Waals surface area contributed by atoms with Crippen LogP contribution in [-0.2, 0) is 32.0 Å². The van der Waals surface area contributed by atoms with E-state index < -0.39 is 24.0 Å². The number of hydrogen-bond donors (Lipinski definition) is 2. The Kier molecular flexibility index (Phi) is 7.68. The lowest BCUT2D eigenvalue weighted by atomic mass is 9.86. The molecule has 2 heterocycles. The van der Waals surface area contributed by atoms with Crippen LogP contribution in [0.2, 0.25) is 0 Å². The van der Waals surface area contributed by atoms with Gasteiger partial charge in [-0.3, -0.25) is 19.2 Å². The van der Waals surface area contributed by atoms with E-state index in [4.69, 9.17) is 0 Å². The summed E-state index contributed by atoms with van der Waals surface area (Å²) in [5, 5.41) is 6.08. The molecule has 2 aliphatic heterocycles. The van der Waals surface area contributed by atoms with Crippen LogP contribution in [0.25, 0.3) is 0 Å². The van der Waals surface area contributed by atoms with Gasteiger partial charge in [-0.05, 0) is 43.2 Å². The molecule has 2 aromatic carbocycles. The first-order valence-electron chi connectivity index (χ1n) is 13.5. The molecule has 3 fully saturated rings. The van der Waals surface area contributed by atoms with Crippen LogP contribution < -0.4 is 10.6 Å². The van der Waals surface area contributed by atoms with E-state index in [0.29, 0.717) is 38.6 Å². The van der Waals surface area contributed by atoms with E-state index in [1.807, 2.05) is 60.7 Å². The minimum absolute atomic E-state index is 0.00661. The molecule has 5 atom stereocenters. The molecule has 1 aliphatic carbocycles. The second kappa shape index (κ2) is 11.3. The highest BCUT2D eigenvalue weighted by Gasteiger charge is 2.45. The van der Waals surface area contributed by atoms with E-state index >= 15 is 0 Å². The molecular formula is C30H35N3O4. The Labute approximate surface area is 218 Å². The average molecular weight is 502 g/mol. The zero-order chi connectivity index (χ0) is 25.8. The molecule has 7 heteroatoms. The second-order valence-corrected chi connectivity index (χ2v) is 10.6. The molecule has 1 saturated carbocycles. The lowest BCUT2D eigenvalue weighted by Crippen LogP contribution is -2.53. The van der Waals surface area contributed by atoms with Gasteiger partial charge in [0, 0.05) is 37.3 Å². The Bertz CT molecular complexity index is 1140. The van der Waals surface area contributed by atoms with E-state index in [1.165, 1.54) is 0 Å². The van der Waals surface area contributed by atoms with Crippen LogP contribution in [0.5, 0.6) is 0 Å². The first-order valence-corrected chi connectivity index (χ1v) is 13.5. The maximum Gasteiger partial charge on any atom is 0.246 e. The van der Waals surface area contributed by atoms with Gasteiger partial charge in [-0.15, -0.1) is 0 Å². The lowest BCUT2D eigenvalue weighted by Gasteiger charge is -2.30. The van der Waals surface area contributed by atoms with Crippen molar-refractivity contribution in [3.05, 3.63) is 71.8 Å². The predicted molar refractivity (Wildman–Crippen MR) is 139 cm³/mol. The van der Waals surface area contributed by atoms with Crippen LogP contribution in [-0.4, -0.2) is 53.1 Å². The zero-order valence-electron chi connectivity index (χ0n) is 21.1. The minimum Gasteiger partial charge on any atom is -0.352 e. The quantitative estimate of drug-likeness (QED) is 0.674. The fourth-order valence-corrected chi connectivity index (χ4v) is 6.30. The fraction of sp³-hybridized carbons (Fsp3) is 0.467. The van der Waals surface area contributed by atoms with Crippen LogP contribution >= 0.6 is 0 Å². The highest BCUT2D eigenvalue weighted by molar-refractivity contribution is 5.97. The summed E-state index contributed by atoms with van der Waals surface area (Å²) in [5.74, 6) is -1.42. The normalized spacial score (nSPS) is 28.9. The summed E-state index contributed by atoms with van der Waals surface area (Å²) in [6.45, 7) is 0.497. The SMILES string of the molecule is O=C1C[C@H](Cc2ccccc2)NC(=O)[C@H]2CCCC2C(=O)[C@H]2CCCN2C(=O)[C@@H](Cc2ccccc2)N1. The number of carbonyl (C=O) groups is 4. The van der Waals surface area contributed by atoms with Gasteiger partial charge in [-0.1, -0.05) is 67.1 Å². The molecule has 194 valence electrons. The number of fused-ring (bicyclic) bond motifs is 2. The summed E-state index contributed by atoms with van der Waals surface area (Å²) in [4.78, 5) is 56.0. The van der Waals surface area contributed by atoms with Gasteiger partial charge >= 0.3 is 0 Å². The summed E-state index contributed by atoms with van der Waals surface area (Å²) in [5.41, 5.74) is 1.96. The van der Waals surface area contributed by atoms with E-state index in [2.05, 4.69) is 10.6 Å². The molecule has 3 aliphatic rings. The van der Waals surface area contributed by atoms with Crippen molar-refractivity contribution in [3.63, 3.8) is 0 Å². The van der Waals surface area contributed by atoms with Crippen molar-refractivity contribution < 1.29 is 19.2 Å². The van der Waals surface area contributed by atoms with Crippen LogP contribution in [0, 0.1) is 11.8 Å². The molecule has 2 aromatic rings. The Morgan fingerprint density at radius 2 is 1.38 bits per heavy atom. The van der Waals surface area contributed by atoms with Gasteiger partial charge in [-0.2, -0.15) is 0 Å². The summed E-state index contributed by atoms with van der Waals surface area (Å²) >= 11 is 0. The smallest absolute Gasteiger partial charge is 0.246 e. The van der Waals surface area contributed by atoms with Crippen molar-refractivity contribution in [2.75, 3.05) is 6.54 Å². The number of rotatable bonds is 4. The van der Waals surface area contributed by atoms with Crippen LogP contribution in [0.4, 0.5) is 0 Å². The van der Waals surface area contributed by atoms with Crippen LogP contribution in [0.15, 0.2) is 60.7 Å². The number of benzene rings is 2. The molecule has 7 nitrogen and oxygen atoms in total. The van der Waals surface area contributed by atoms with Gasteiger partial charge in [0.2, 0.25) is 17.7 Å². The van der Waals surface area contributed by atoms with Gasteiger partial charge < -0.3 is 15.5 Å². The highest BCUT2D eigenvalue weighted by Crippen LogP contribution is 2.36. The van der Waals surface area contributed by atoms with E-state index in [0.717, 1.165) is 24.0 Å². The molecule has 2 saturated heterocycles. The number of amides is 3. The number of Topliss-reactive ketones (excluding diaryl/α,β-unsaturated/α-hetero) is 1. The van der Waals surface area contributed by atoms with Crippen molar-refractivity contribution in [3.8, 4) is 0 Å². The first-order chi connectivity index (χ1) is 18.0. The molecule has 0 radical (unpaired) electrons. The van der Waals surface area contributed by atoms with Crippen molar-refractivity contribution in [2.24, 2.45) is 11.8 Å². The van der Waals surface area contributed by atoms with Gasteiger partial charge in [0.15, 0.2) is 5.78 Å². The van der Waals surface area contributed by atoms with Gasteiger partial charge in [-0.25, -0.2) is 0 Å². The molecule has 2 N–H and O–H groups in total. The van der Waals surface area contributed by atoms with E-state index in [9.17, 15) is 19.2 Å². The monoisotopic (exact) mass is 501 g/mol. The van der Waals surface area contributed by atoms with Crippen molar-refractivity contribution in [2.45, 2.75) is 69.5 Å². The second-order valence-electron chi connectivity index (χ2n) is 10.6. The highest BCUT2D eigenvalue weighted by atomic mass is 16.2. The summed E-state index contributed by atoms with van der Waals surface area (Å²) in [7, 11) is 0. The predicted octanol–water partition coefficient (Wildman–Crippen LogP) is 2.82. The number of nitrogens with zero attached hydrogens (tertiary/aromatic N) is 1. The number of nitrogens with one attached hydrogen (secondary N) is 2. The number of ketones is 1. The van der Waals surface area contributed by atoms with Gasteiger partial charge in [0.05, 0.1) is 6.04 Å². The molecule has 0 bridgehead atoms. The Morgan fingerprint density at radius 1 is 0.730 bits per heavy atom. The van der Waals surface area contributed by atoms with Crippen LogP contribution in [0.3, 0.4) is 0 Å². The fourth-order valence-electron chi connectivity index (χ4n) is 6.30. The summed E-state index contributed by atoms with van der Waals surface area (Å²) < 4.78 is 0. The van der Waals surface area contributed by atoms with Crippen molar-refractivity contribution in [1.29, 1.82) is 0 Å². The first kappa shape index (κ1) is 25.2. The average Bonchev–Trinajstić information content (AvgIpc) is 3.59. The molecule has 1 unspecified atom stereocenters. The molecule has 37 heavy (non-hydrogen) atoms. The Balaban J connectivity index is 1.46. The van der Waals surface area contributed by atoms with Crippen LogP contribution in [0.1, 0.15) is 49.7 Å². The maximum absolute atomic E-state index is 13.8. The lowest BCUT2D eigenvalue weighted by molar-refractivity contribution is -0.142. The molecule has 5 rings (SSSR count). The van der Waals surface area contributed by atoms with Gasteiger partial charge in [0.1, 0.15) is 6.04 Å². The van der Waals surface area contributed by atoms with Crippen molar-refractivity contribution >= 4 is 23.5 Å². The Morgan fingerprint density at radius 3 is 2.08 bits per heavy atom. The van der Waals surface area contributed by atoms with E-state index in [-0.39, 0.29) is 35.8 Å². The third-order valence-electron chi connectivity index (χ3n) is 8.10. The summed E-state index contributed by atoms with van der Waals surface area (Å²) in [6, 6.07) is 17.6. The molecule has 0 spiro atoms.